The van der Waals surface area contributed by atoms with Crippen molar-refractivity contribution in [3.8, 4) is 17.1 Å². The lowest BCUT2D eigenvalue weighted by Crippen LogP contribution is -2.14. The van der Waals surface area contributed by atoms with Crippen LogP contribution >= 0.6 is 0 Å². The number of imidazole rings is 1. The van der Waals surface area contributed by atoms with E-state index in [2.05, 4.69) is 163 Å². The summed E-state index contributed by atoms with van der Waals surface area (Å²) in [6, 6.07) is 53.2. The highest BCUT2D eigenvalue weighted by molar-refractivity contribution is 6.38. The van der Waals surface area contributed by atoms with Crippen molar-refractivity contribution in [1.29, 1.82) is 0 Å². The zero-order valence-electron chi connectivity index (χ0n) is 27.0. The maximum absolute atomic E-state index is 5.01. The summed E-state index contributed by atoms with van der Waals surface area (Å²) in [7, 11) is 0. The molecule has 2 heterocycles. The minimum atomic E-state index is -0.0138. The Morgan fingerprint density at radius 2 is 1.15 bits per heavy atom. The number of aryl methyl sites for hydroxylation is 2. The Labute approximate surface area is 281 Å². The summed E-state index contributed by atoms with van der Waals surface area (Å²) in [4.78, 5) is 17.2. The highest BCUT2D eigenvalue weighted by atomic mass is 15.1. The van der Waals surface area contributed by atoms with Gasteiger partial charge in [-0.2, -0.15) is 0 Å². The van der Waals surface area contributed by atoms with Gasteiger partial charge < -0.3 is 4.90 Å². The second-order valence-electron chi connectivity index (χ2n) is 12.3. The summed E-state index contributed by atoms with van der Waals surface area (Å²) < 4.78 is 2.22. The van der Waals surface area contributed by atoms with Gasteiger partial charge in [0.15, 0.2) is 0 Å². The third-order valence-electron chi connectivity index (χ3n) is 8.95. The van der Waals surface area contributed by atoms with Crippen LogP contribution in [0.4, 0.5) is 17.1 Å². The number of benzene rings is 6. The molecule has 0 amide bonds. The number of rotatable bonds is 7. The molecule has 1 aliphatic rings. The molecular weight excluding hydrogens is 587 g/mol. The van der Waals surface area contributed by atoms with Crippen LogP contribution in [0.2, 0.25) is 0 Å². The lowest BCUT2D eigenvalue weighted by Gasteiger charge is -2.26. The average Bonchev–Trinajstić information content (AvgIpc) is 3.54. The fraction of sp³-hybridized carbons (Fsp3) is 0.0930. The number of aliphatic imine (C=N–C) groups is 2. The molecule has 5 nitrogen and oxygen atoms in total. The smallest absolute Gasteiger partial charge is 0.145 e. The minimum absolute atomic E-state index is 0.0138. The maximum Gasteiger partial charge on any atom is 0.145 e. The molecule has 0 saturated carbocycles. The quantitative estimate of drug-likeness (QED) is 0.178. The zero-order chi connectivity index (χ0) is 32.5. The molecule has 1 aliphatic heterocycles. The first-order chi connectivity index (χ1) is 23.6. The Kier molecular flexibility index (Phi) is 7.71. The van der Waals surface area contributed by atoms with E-state index in [1.165, 1.54) is 11.1 Å². The first kappa shape index (κ1) is 29.3. The van der Waals surface area contributed by atoms with Crippen molar-refractivity contribution < 1.29 is 0 Å². The normalized spacial score (nSPS) is 14.2. The lowest BCUT2D eigenvalue weighted by molar-refractivity contribution is 0.738. The standard InChI is InChI=1S/C43H35N5/c1-30-12-22-36(23-13-30)47(37-24-14-31(2)15-25-37)38-26-20-33(21-27-38)41-29-44-40(28-45-41)32-16-18-34(19-17-32)43-46-39-10-6-7-11-42(39)48(43)35-8-4-3-5-9-35/h3-28,41H,29H2,1-2H3. The van der Waals surface area contributed by atoms with E-state index < -0.39 is 0 Å². The van der Waals surface area contributed by atoms with Crippen LogP contribution in [0.5, 0.6) is 0 Å². The first-order valence-corrected chi connectivity index (χ1v) is 16.4. The molecule has 0 fully saturated rings. The summed E-state index contributed by atoms with van der Waals surface area (Å²) in [5.74, 6) is 0.917. The van der Waals surface area contributed by atoms with E-state index >= 15 is 0 Å². The van der Waals surface area contributed by atoms with Gasteiger partial charge in [0.2, 0.25) is 0 Å². The molecule has 7 aromatic rings. The van der Waals surface area contributed by atoms with Gasteiger partial charge in [-0.15, -0.1) is 0 Å². The number of aromatic nitrogens is 2. The predicted octanol–water partition coefficient (Wildman–Crippen LogP) is 10.4. The average molecular weight is 622 g/mol. The van der Waals surface area contributed by atoms with Crippen molar-refractivity contribution in [2.24, 2.45) is 9.98 Å². The maximum atomic E-state index is 5.01. The van der Waals surface area contributed by atoms with Gasteiger partial charge in [-0.25, -0.2) is 4.98 Å². The van der Waals surface area contributed by atoms with E-state index in [4.69, 9.17) is 15.0 Å². The number of nitrogens with zero attached hydrogens (tertiary/aromatic N) is 5. The Morgan fingerprint density at radius 3 is 1.75 bits per heavy atom. The van der Waals surface area contributed by atoms with Crippen LogP contribution in [0.3, 0.4) is 0 Å². The molecule has 0 N–H and O–H groups in total. The van der Waals surface area contributed by atoms with E-state index in [9.17, 15) is 0 Å². The molecule has 1 atom stereocenters. The number of para-hydroxylation sites is 3. The van der Waals surface area contributed by atoms with Crippen molar-refractivity contribution in [2.75, 3.05) is 11.4 Å². The van der Waals surface area contributed by atoms with E-state index in [0.717, 1.165) is 62.0 Å². The number of anilines is 3. The Hall–Kier alpha value is -6.07. The summed E-state index contributed by atoms with van der Waals surface area (Å²) >= 11 is 0. The SMILES string of the molecule is Cc1ccc(N(c2ccc(C)cc2)c2ccc(C3CN=C(c4ccc(-c5nc6ccccc6n5-c5ccccc5)cc4)C=N3)cc2)cc1. The summed E-state index contributed by atoms with van der Waals surface area (Å²) in [6.45, 7) is 4.84. The predicted molar refractivity (Wildman–Crippen MR) is 200 cm³/mol. The highest BCUT2D eigenvalue weighted by Crippen LogP contribution is 2.36. The summed E-state index contributed by atoms with van der Waals surface area (Å²) in [5.41, 5.74) is 13.2. The van der Waals surface area contributed by atoms with Crippen LogP contribution in [0.25, 0.3) is 28.1 Å². The van der Waals surface area contributed by atoms with Gasteiger partial charge >= 0.3 is 0 Å². The second-order valence-corrected chi connectivity index (χ2v) is 12.3. The van der Waals surface area contributed by atoms with Crippen LogP contribution in [0, 0.1) is 13.8 Å². The topological polar surface area (TPSA) is 45.8 Å². The lowest BCUT2D eigenvalue weighted by atomic mass is 10.0. The van der Waals surface area contributed by atoms with Crippen LogP contribution in [0.15, 0.2) is 162 Å². The minimum Gasteiger partial charge on any atom is -0.311 e. The number of fused-ring (bicyclic) bond motifs is 1. The van der Waals surface area contributed by atoms with Gasteiger partial charge in [0.05, 0.1) is 29.3 Å². The van der Waals surface area contributed by atoms with Crippen molar-refractivity contribution in [2.45, 2.75) is 19.9 Å². The van der Waals surface area contributed by atoms with E-state index in [1.807, 2.05) is 18.3 Å². The van der Waals surface area contributed by atoms with E-state index in [1.54, 1.807) is 0 Å². The summed E-state index contributed by atoms with van der Waals surface area (Å²) in [5, 5.41) is 0. The molecule has 6 aromatic carbocycles. The monoisotopic (exact) mass is 621 g/mol. The molecule has 5 heteroatoms. The van der Waals surface area contributed by atoms with Gasteiger partial charge in [0.1, 0.15) is 5.82 Å². The molecule has 8 rings (SSSR count). The molecule has 0 aliphatic carbocycles. The molecule has 1 unspecified atom stereocenters. The van der Waals surface area contributed by atoms with Crippen LogP contribution in [-0.4, -0.2) is 28.0 Å². The van der Waals surface area contributed by atoms with E-state index in [0.29, 0.717) is 6.54 Å². The van der Waals surface area contributed by atoms with Crippen LogP contribution in [0.1, 0.15) is 28.3 Å². The van der Waals surface area contributed by atoms with Gasteiger partial charge in [0, 0.05) is 40.1 Å². The van der Waals surface area contributed by atoms with Crippen molar-refractivity contribution >= 4 is 40.0 Å². The second kappa shape index (κ2) is 12.6. The molecular formula is C43H35N5. The third-order valence-corrected chi connectivity index (χ3v) is 8.95. The molecule has 48 heavy (non-hydrogen) atoms. The molecule has 0 saturated heterocycles. The Balaban J connectivity index is 1.01. The summed E-state index contributed by atoms with van der Waals surface area (Å²) in [6.07, 6.45) is 1.92. The van der Waals surface area contributed by atoms with E-state index in [-0.39, 0.29) is 6.04 Å². The number of hydrogen-bond acceptors (Lipinski definition) is 4. The van der Waals surface area contributed by atoms with Gasteiger partial charge in [-0.3, -0.25) is 14.6 Å². The highest BCUT2D eigenvalue weighted by Gasteiger charge is 2.18. The zero-order valence-corrected chi connectivity index (χ0v) is 27.0. The molecule has 0 bridgehead atoms. The Bertz CT molecular complexity index is 2200. The van der Waals surface area contributed by atoms with Gasteiger partial charge in [-0.05, 0) is 80.1 Å². The third kappa shape index (κ3) is 5.71. The molecule has 0 spiro atoms. The van der Waals surface area contributed by atoms with Gasteiger partial charge in [-0.1, -0.05) is 102 Å². The number of hydrogen-bond donors (Lipinski definition) is 0. The largest absolute Gasteiger partial charge is 0.311 e. The molecule has 1 aromatic heterocycles. The Morgan fingerprint density at radius 1 is 0.583 bits per heavy atom. The van der Waals surface area contributed by atoms with Gasteiger partial charge in [0.25, 0.3) is 0 Å². The molecule has 0 radical (unpaired) electrons. The van der Waals surface area contributed by atoms with Crippen LogP contribution in [-0.2, 0) is 0 Å². The fourth-order valence-corrected chi connectivity index (χ4v) is 6.32. The van der Waals surface area contributed by atoms with Crippen molar-refractivity contribution in [3.63, 3.8) is 0 Å². The fourth-order valence-electron chi connectivity index (χ4n) is 6.32. The van der Waals surface area contributed by atoms with Crippen molar-refractivity contribution in [3.05, 3.63) is 174 Å². The van der Waals surface area contributed by atoms with Crippen molar-refractivity contribution in [1.82, 2.24) is 9.55 Å². The van der Waals surface area contributed by atoms with Crippen LogP contribution < -0.4 is 4.90 Å². The first-order valence-electron chi connectivity index (χ1n) is 16.4. The molecule has 232 valence electrons.